The maximum atomic E-state index is 11.0. The third-order valence-electron chi connectivity index (χ3n) is 2.35. The number of nitrogens with zero attached hydrogens (tertiary/aromatic N) is 1. The summed E-state index contributed by atoms with van der Waals surface area (Å²) < 4.78 is 5.26. The van der Waals surface area contributed by atoms with Gasteiger partial charge in [-0.25, -0.2) is 0 Å². The van der Waals surface area contributed by atoms with Crippen LogP contribution < -0.4 is 4.74 Å². The average molecular weight is 217 g/mol. The number of nitro groups is 1. The third-order valence-corrected chi connectivity index (χ3v) is 2.35. The molecule has 0 saturated heterocycles. The van der Waals surface area contributed by atoms with Gasteiger partial charge in [0.05, 0.1) is 16.9 Å². The predicted octanol–water partition coefficient (Wildman–Crippen LogP) is 3.15. The van der Waals surface area contributed by atoms with E-state index in [-0.39, 0.29) is 5.69 Å². The Balaban J connectivity index is 2.73. The van der Waals surface area contributed by atoms with Crippen LogP contribution in [0, 0.1) is 10.1 Å². The van der Waals surface area contributed by atoms with Gasteiger partial charge in [0, 0.05) is 0 Å². The summed E-state index contributed by atoms with van der Waals surface area (Å²) in [6, 6.07) is 10.7. The maximum absolute atomic E-state index is 11.0. The summed E-state index contributed by atoms with van der Waals surface area (Å²) in [6.45, 7) is 2.22. The van der Waals surface area contributed by atoms with Gasteiger partial charge < -0.3 is 4.74 Å². The van der Waals surface area contributed by atoms with Crippen LogP contribution in [0.15, 0.2) is 36.4 Å². The Labute approximate surface area is 92.6 Å². The molecule has 4 heteroatoms. The molecule has 0 fully saturated rings. The van der Waals surface area contributed by atoms with E-state index >= 15 is 0 Å². The second-order valence-electron chi connectivity index (χ2n) is 3.32. The second kappa shape index (κ2) is 4.18. The molecule has 0 aliphatic heterocycles. The molecule has 0 N–H and O–H groups in total. The highest BCUT2D eigenvalue weighted by molar-refractivity contribution is 5.93. The lowest BCUT2D eigenvalue weighted by molar-refractivity contribution is -0.384. The van der Waals surface area contributed by atoms with Crippen molar-refractivity contribution in [2.75, 3.05) is 6.61 Å². The molecule has 0 saturated carbocycles. The highest BCUT2D eigenvalue weighted by Gasteiger charge is 2.18. The van der Waals surface area contributed by atoms with Gasteiger partial charge >= 0.3 is 5.69 Å². The molecule has 0 unspecified atom stereocenters. The fraction of sp³-hybridized carbons (Fsp3) is 0.167. The average Bonchev–Trinajstić information content (AvgIpc) is 2.28. The van der Waals surface area contributed by atoms with E-state index in [0.717, 1.165) is 5.39 Å². The Morgan fingerprint density at radius 1 is 1.25 bits per heavy atom. The molecule has 0 aromatic heterocycles. The van der Waals surface area contributed by atoms with Crippen molar-refractivity contribution < 1.29 is 9.66 Å². The standard InChI is InChI=1S/C12H11NO3/c1-2-16-11-8-7-9-5-3-4-6-10(9)12(11)13(14)15/h3-8H,2H2,1H3. The van der Waals surface area contributed by atoms with E-state index in [1.54, 1.807) is 25.1 Å². The van der Waals surface area contributed by atoms with Crippen LogP contribution in [-0.2, 0) is 0 Å². The van der Waals surface area contributed by atoms with Gasteiger partial charge in [-0.05, 0) is 24.4 Å². The van der Waals surface area contributed by atoms with Crippen LogP contribution in [0.4, 0.5) is 5.69 Å². The summed E-state index contributed by atoms with van der Waals surface area (Å²) in [7, 11) is 0. The zero-order valence-corrected chi connectivity index (χ0v) is 8.84. The lowest BCUT2D eigenvalue weighted by Gasteiger charge is -2.06. The zero-order valence-electron chi connectivity index (χ0n) is 8.84. The van der Waals surface area contributed by atoms with Crippen LogP contribution in [0.1, 0.15) is 6.92 Å². The number of benzene rings is 2. The Morgan fingerprint density at radius 3 is 2.69 bits per heavy atom. The smallest absolute Gasteiger partial charge is 0.318 e. The molecule has 0 radical (unpaired) electrons. The summed E-state index contributed by atoms with van der Waals surface area (Å²) in [5, 5.41) is 12.5. The van der Waals surface area contributed by atoms with Crippen molar-refractivity contribution in [1.82, 2.24) is 0 Å². The van der Waals surface area contributed by atoms with Gasteiger partial charge in [0.1, 0.15) is 0 Å². The normalized spacial score (nSPS) is 10.3. The molecule has 2 rings (SSSR count). The Morgan fingerprint density at radius 2 is 2.00 bits per heavy atom. The fourth-order valence-electron chi connectivity index (χ4n) is 1.70. The number of fused-ring (bicyclic) bond motifs is 1. The first-order chi connectivity index (χ1) is 7.74. The van der Waals surface area contributed by atoms with E-state index in [9.17, 15) is 10.1 Å². The van der Waals surface area contributed by atoms with Crippen LogP contribution in [0.25, 0.3) is 10.8 Å². The van der Waals surface area contributed by atoms with Gasteiger partial charge in [0.25, 0.3) is 0 Å². The van der Waals surface area contributed by atoms with Crippen molar-refractivity contribution in [2.45, 2.75) is 6.92 Å². The molecule has 0 heterocycles. The van der Waals surface area contributed by atoms with Gasteiger partial charge in [-0.2, -0.15) is 0 Å². The number of hydrogen-bond donors (Lipinski definition) is 0. The second-order valence-corrected chi connectivity index (χ2v) is 3.32. The fourth-order valence-corrected chi connectivity index (χ4v) is 1.70. The molecule has 2 aromatic carbocycles. The van der Waals surface area contributed by atoms with E-state index in [1.165, 1.54) is 0 Å². The number of nitro benzene ring substituents is 1. The van der Waals surface area contributed by atoms with Crippen LogP contribution in [0.3, 0.4) is 0 Å². The van der Waals surface area contributed by atoms with Crippen molar-refractivity contribution >= 4 is 16.5 Å². The van der Waals surface area contributed by atoms with Gasteiger partial charge in [0.15, 0.2) is 5.75 Å². The minimum Gasteiger partial charge on any atom is -0.487 e. The highest BCUT2D eigenvalue weighted by Crippen LogP contribution is 2.34. The summed E-state index contributed by atoms with van der Waals surface area (Å²) in [5.41, 5.74) is 0.0416. The van der Waals surface area contributed by atoms with Crippen LogP contribution >= 0.6 is 0 Å². The van der Waals surface area contributed by atoms with Gasteiger partial charge in [-0.1, -0.05) is 24.3 Å². The van der Waals surface area contributed by atoms with Crippen LogP contribution in [0.2, 0.25) is 0 Å². The topological polar surface area (TPSA) is 52.4 Å². The summed E-state index contributed by atoms with van der Waals surface area (Å²) in [6.07, 6.45) is 0. The van der Waals surface area contributed by atoms with Crippen molar-refractivity contribution in [2.24, 2.45) is 0 Å². The van der Waals surface area contributed by atoms with Crippen molar-refractivity contribution in [3.05, 3.63) is 46.5 Å². The summed E-state index contributed by atoms with van der Waals surface area (Å²) in [4.78, 5) is 10.6. The number of rotatable bonds is 3. The molecule has 0 atom stereocenters. The molecule has 0 spiro atoms. The zero-order chi connectivity index (χ0) is 11.5. The first-order valence-electron chi connectivity index (χ1n) is 5.03. The molecular weight excluding hydrogens is 206 g/mol. The van der Waals surface area contributed by atoms with Crippen LogP contribution in [0.5, 0.6) is 5.75 Å². The van der Waals surface area contributed by atoms with Gasteiger partial charge in [-0.15, -0.1) is 0 Å². The van der Waals surface area contributed by atoms with Crippen molar-refractivity contribution in [3.8, 4) is 5.75 Å². The Kier molecular flexibility index (Phi) is 2.72. The molecule has 0 aliphatic carbocycles. The van der Waals surface area contributed by atoms with Crippen molar-refractivity contribution in [1.29, 1.82) is 0 Å². The molecule has 0 aliphatic rings. The molecule has 16 heavy (non-hydrogen) atoms. The molecule has 0 bridgehead atoms. The van der Waals surface area contributed by atoms with Crippen molar-refractivity contribution in [3.63, 3.8) is 0 Å². The summed E-state index contributed by atoms with van der Waals surface area (Å²) >= 11 is 0. The maximum Gasteiger partial charge on any atom is 0.318 e. The van der Waals surface area contributed by atoms with Gasteiger partial charge in [-0.3, -0.25) is 10.1 Å². The molecular formula is C12H11NO3. The molecule has 82 valence electrons. The first kappa shape index (κ1) is 10.4. The highest BCUT2D eigenvalue weighted by atomic mass is 16.6. The van der Waals surface area contributed by atoms with E-state index in [2.05, 4.69) is 0 Å². The Hall–Kier alpha value is -2.10. The molecule has 4 nitrogen and oxygen atoms in total. The minimum atomic E-state index is -0.396. The van der Waals surface area contributed by atoms with E-state index < -0.39 is 4.92 Å². The summed E-state index contributed by atoms with van der Waals surface area (Å²) in [5.74, 6) is 0.325. The largest absolute Gasteiger partial charge is 0.487 e. The van der Waals surface area contributed by atoms with E-state index in [4.69, 9.17) is 4.74 Å². The third kappa shape index (κ3) is 1.69. The quantitative estimate of drug-likeness (QED) is 0.586. The number of ether oxygens (including phenoxy) is 1. The monoisotopic (exact) mass is 217 g/mol. The molecule has 2 aromatic rings. The first-order valence-corrected chi connectivity index (χ1v) is 5.03. The van der Waals surface area contributed by atoms with E-state index in [0.29, 0.717) is 17.7 Å². The van der Waals surface area contributed by atoms with Gasteiger partial charge in [0.2, 0.25) is 0 Å². The number of hydrogen-bond acceptors (Lipinski definition) is 3. The SMILES string of the molecule is CCOc1ccc2ccccc2c1[N+](=O)[O-]. The van der Waals surface area contributed by atoms with Crippen LogP contribution in [-0.4, -0.2) is 11.5 Å². The Bertz CT molecular complexity index is 537. The lowest BCUT2D eigenvalue weighted by Crippen LogP contribution is -1.98. The minimum absolute atomic E-state index is 0.0416. The van der Waals surface area contributed by atoms with E-state index in [1.807, 2.05) is 18.2 Å². The predicted molar refractivity (Wildman–Crippen MR) is 61.8 cm³/mol. The lowest BCUT2D eigenvalue weighted by atomic mass is 10.1. The molecule has 0 amide bonds.